The van der Waals surface area contributed by atoms with E-state index in [0.29, 0.717) is 43.1 Å². The molecule has 0 aliphatic carbocycles. The number of amides is 1. The van der Waals surface area contributed by atoms with Crippen molar-refractivity contribution >= 4 is 34.1 Å². The molecular formula is C26H24ClN5O2. The van der Waals surface area contributed by atoms with E-state index in [1.807, 2.05) is 66.1 Å². The molecular weight excluding hydrogens is 450 g/mol. The lowest BCUT2D eigenvalue weighted by molar-refractivity contribution is 0.0748. The molecule has 5 rings (SSSR count). The SMILES string of the molecule is Cc1ccc2nc(C)cc(C(=O)N3CCN(c4cnn(-c5ccccc5)c(=O)c4Cl)CC3)c2c1. The smallest absolute Gasteiger partial charge is 0.292 e. The van der Waals surface area contributed by atoms with Gasteiger partial charge in [0.25, 0.3) is 11.5 Å². The van der Waals surface area contributed by atoms with Crippen molar-refractivity contribution in [2.45, 2.75) is 13.8 Å². The summed E-state index contributed by atoms with van der Waals surface area (Å²) in [7, 11) is 0. The van der Waals surface area contributed by atoms with Crippen LogP contribution >= 0.6 is 11.6 Å². The average molecular weight is 474 g/mol. The van der Waals surface area contributed by atoms with Gasteiger partial charge in [-0.2, -0.15) is 9.78 Å². The molecule has 4 aromatic rings. The van der Waals surface area contributed by atoms with Crippen molar-refractivity contribution in [2.24, 2.45) is 0 Å². The summed E-state index contributed by atoms with van der Waals surface area (Å²) in [5.74, 6) is -0.00975. The molecule has 0 unspecified atom stereocenters. The number of fused-ring (bicyclic) bond motifs is 1. The van der Waals surface area contributed by atoms with Crippen molar-refractivity contribution in [3.63, 3.8) is 0 Å². The number of pyridine rings is 1. The normalized spacial score (nSPS) is 14.0. The summed E-state index contributed by atoms with van der Waals surface area (Å²) >= 11 is 6.47. The molecule has 1 aliphatic heterocycles. The van der Waals surface area contributed by atoms with Gasteiger partial charge in [-0.3, -0.25) is 14.6 Å². The summed E-state index contributed by atoms with van der Waals surface area (Å²) in [5, 5.41) is 5.33. The van der Waals surface area contributed by atoms with Gasteiger partial charge in [-0.25, -0.2) is 0 Å². The standard InChI is InChI=1S/C26H24ClN5O2/c1-17-8-9-22-20(14-17)21(15-18(2)29-22)25(33)31-12-10-30(11-13-31)23-16-28-32(26(34)24(23)27)19-6-4-3-5-7-19/h3-9,14-16H,10-13H2,1-2H3. The zero-order valence-electron chi connectivity index (χ0n) is 19.0. The molecule has 0 spiro atoms. The lowest BCUT2D eigenvalue weighted by atomic mass is 10.0. The maximum absolute atomic E-state index is 13.4. The highest BCUT2D eigenvalue weighted by atomic mass is 35.5. The van der Waals surface area contributed by atoms with Crippen molar-refractivity contribution in [3.05, 3.63) is 93.0 Å². The van der Waals surface area contributed by atoms with Crippen LogP contribution in [0.15, 0.2) is 65.6 Å². The van der Waals surface area contributed by atoms with E-state index >= 15 is 0 Å². The molecule has 7 nitrogen and oxygen atoms in total. The van der Waals surface area contributed by atoms with Gasteiger partial charge in [0.2, 0.25) is 0 Å². The lowest BCUT2D eigenvalue weighted by Gasteiger charge is -2.36. The van der Waals surface area contributed by atoms with Crippen molar-refractivity contribution in [2.75, 3.05) is 31.1 Å². The van der Waals surface area contributed by atoms with E-state index in [-0.39, 0.29) is 16.5 Å². The zero-order chi connectivity index (χ0) is 23.8. The van der Waals surface area contributed by atoms with Crippen molar-refractivity contribution in [3.8, 4) is 5.69 Å². The largest absolute Gasteiger partial charge is 0.365 e. The number of carbonyl (C=O) groups is 1. The predicted octanol–water partition coefficient (Wildman–Crippen LogP) is 4.01. The Morgan fingerprint density at radius 3 is 2.44 bits per heavy atom. The number of aryl methyl sites for hydroxylation is 2. The number of halogens is 1. The fraction of sp³-hybridized carbons (Fsp3) is 0.231. The van der Waals surface area contributed by atoms with E-state index < -0.39 is 0 Å². The summed E-state index contributed by atoms with van der Waals surface area (Å²) in [6, 6.07) is 17.0. The minimum absolute atomic E-state index is 0.00975. The van der Waals surface area contributed by atoms with E-state index in [0.717, 1.165) is 22.2 Å². The van der Waals surface area contributed by atoms with Crippen LogP contribution in [0.25, 0.3) is 16.6 Å². The van der Waals surface area contributed by atoms with Crippen LogP contribution < -0.4 is 10.5 Å². The molecule has 0 saturated carbocycles. The summed E-state index contributed by atoms with van der Waals surface area (Å²) in [6.07, 6.45) is 1.62. The Hall–Kier alpha value is -3.71. The highest BCUT2D eigenvalue weighted by Gasteiger charge is 2.26. The number of hydrogen-bond donors (Lipinski definition) is 0. The highest BCUT2D eigenvalue weighted by molar-refractivity contribution is 6.33. The Kier molecular flexibility index (Phi) is 5.79. The molecule has 2 aromatic heterocycles. The highest BCUT2D eigenvalue weighted by Crippen LogP contribution is 2.25. The second-order valence-electron chi connectivity index (χ2n) is 8.51. The molecule has 0 atom stereocenters. The Labute approximate surface area is 202 Å². The Bertz CT molecular complexity index is 1440. The first-order chi connectivity index (χ1) is 16.4. The molecule has 0 bridgehead atoms. The van der Waals surface area contributed by atoms with Crippen LogP contribution in [-0.2, 0) is 0 Å². The first-order valence-corrected chi connectivity index (χ1v) is 11.6. The maximum atomic E-state index is 13.4. The van der Waals surface area contributed by atoms with Gasteiger partial charge in [0.1, 0.15) is 5.02 Å². The molecule has 3 heterocycles. The molecule has 34 heavy (non-hydrogen) atoms. The minimum atomic E-state index is -0.363. The average Bonchev–Trinajstić information content (AvgIpc) is 2.86. The Morgan fingerprint density at radius 1 is 0.971 bits per heavy atom. The summed E-state index contributed by atoms with van der Waals surface area (Å²) < 4.78 is 1.30. The minimum Gasteiger partial charge on any atom is -0.365 e. The van der Waals surface area contributed by atoms with E-state index in [4.69, 9.17) is 11.6 Å². The molecule has 1 saturated heterocycles. The maximum Gasteiger partial charge on any atom is 0.292 e. The number of benzene rings is 2. The molecule has 8 heteroatoms. The number of piperazine rings is 1. The molecule has 172 valence electrons. The third kappa shape index (κ3) is 4.03. The number of nitrogens with zero attached hydrogens (tertiary/aromatic N) is 5. The van der Waals surface area contributed by atoms with Crippen LogP contribution in [0.3, 0.4) is 0 Å². The van der Waals surface area contributed by atoms with Crippen LogP contribution in [0.5, 0.6) is 0 Å². The van der Waals surface area contributed by atoms with Gasteiger partial charge in [0.15, 0.2) is 0 Å². The number of rotatable bonds is 3. The summed E-state index contributed by atoms with van der Waals surface area (Å²) in [4.78, 5) is 34.7. The molecule has 0 N–H and O–H groups in total. The van der Waals surface area contributed by atoms with Gasteiger partial charge in [-0.05, 0) is 44.2 Å². The van der Waals surface area contributed by atoms with E-state index in [1.165, 1.54) is 4.68 Å². The number of anilines is 1. The Balaban J connectivity index is 1.36. The van der Waals surface area contributed by atoms with Crippen LogP contribution in [-0.4, -0.2) is 51.8 Å². The van der Waals surface area contributed by atoms with Crippen LogP contribution in [0.4, 0.5) is 5.69 Å². The van der Waals surface area contributed by atoms with Crippen molar-refractivity contribution in [1.82, 2.24) is 19.7 Å². The lowest BCUT2D eigenvalue weighted by Crippen LogP contribution is -2.49. The van der Waals surface area contributed by atoms with Crippen LogP contribution in [0, 0.1) is 13.8 Å². The van der Waals surface area contributed by atoms with Gasteiger partial charge in [0, 0.05) is 37.3 Å². The van der Waals surface area contributed by atoms with Gasteiger partial charge in [-0.15, -0.1) is 0 Å². The topological polar surface area (TPSA) is 71.3 Å². The fourth-order valence-corrected chi connectivity index (χ4v) is 4.62. The van der Waals surface area contributed by atoms with E-state index in [9.17, 15) is 9.59 Å². The van der Waals surface area contributed by atoms with Crippen molar-refractivity contribution in [1.29, 1.82) is 0 Å². The van der Waals surface area contributed by atoms with Gasteiger partial charge in [-0.1, -0.05) is 41.4 Å². The third-order valence-corrected chi connectivity index (χ3v) is 6.49. The first kappa shape index (κ1) is 22.1. The number of hydrogen-bond acceptors (Lipinski definition) is 5. The zero-order valence-corrected chi connectivity index (χ0v) is 19.8. The van der Waals surface area contributed by atoms with Crippen LogP contribution in [0.2, 0.25) is 5.02 Å². The quantitative estimate of drug-likeness (QED) is 0.449. The van der Waals surface area contributed by atoms with Gasteiger partial charge < -0.3 is 9.80 Å². The molecule has 1 aliphatic rings. The third-order valence-electron chi connectivity index (χ3n) is 6.13. The Morgan fingerprint density at radius 2 is 1.71 bits per heavy atom. The van der Waals surface area contributed by atoms with Gasteiger partial charge in [0.05, 0.1) is 28.7 Å². The number of aromatic nitrogens is 3. The number of para-hydroxylation sites is 1. The molecule has 1 fully saturated rings. The van der Waals surface area contributed by atoms with E-state index in [2.05, 4.69) is 10.1 Å². The second kappa shape index (κ2) is 8.91. The number of carbonyl (C=O) groups excluding carboxylic acids is 1. The first-order valence-electron chi connectivity index (χ1n) is 11.2. The fourth-order valence-electron chi connectivity index (χ4n) is 4.37. The monoisotopic (exact) mass is 473 g/mol. The predicted molar refractivity (Wildman–Crippen MR) is 134 cm³/mol. The summed E-state index contributed by atoms with van der Waals surface area (Å²) in [6.45, 7) is 6.07. The van der Waals surface area contributed by atoms with Crippen LogP contribution in [0.1, 0.15) is 21.6 Å². The molecule has 0 radical (unpaired) electrons. The second-order valence-corrected chi connectivity index (χ2v) is 8.89. The van der Waals surface area contributed by atoms with Crippen molar-refractivity contribution < 1.29 is 4.79 Å². The summed E-state index contributed by atoms with van der Waals surface area (Å²) in [5.41, 5.74) is 4.28. The molecule has 2 aromatic carbocycles. The molecule has 1 amide bonds. The van der Waals surface area contributed by atoms with E-state index in [1.54, 1.807) is 18.3 Å². The van der Waals surface area contributed by atoms with Gasteiger partial charge >= 0.3 is 0 Å².